The lowest BCUT2D eigenvalue weighted by atomic mass is 10.2. The average Bonchev–Trinajstić information content (AvgIpc) is 3.22. The Hall–Kier alpha value is -1.44. The number of rotatable bonds is 7. The first-order chi connectivity index (χ1) is 12.3. The van der Waals surface area contributed by atoms with Crippen LogP contribution in [0.15, 0.2) is 14.9 Å². The van der Waals surface area contributed by atoms with Crippen molar-refractivity contribution in [2.45, 2.75) is 38.8 Å². The maximum absolute atomic E-state index is 12.5. The molecule has 0 aromatic carbocycles. The minimum absolute atomic E-state index is 0. The first-order valence-corrected chi connectivity index (χ1v) is 8.96. The van der Waals surface area contributed by atoms with Gasteiger partial charge in [-0.3, -0.25) is 4.99 Å². The van der Waals surface area contributed by atoms with E-state index in [-0.39, 0.29) is 29.9 Å². The molecule has 2 aromatic rings. The summed E-state index contributed by atoms with van der Waals surface area (Å²) in [6.07, 6.45) is -3.48. The van der Waals surface area contributed by atoms with E-state index >= 15 is 0 Å². The summed E-state index contributed by atoms with van der Waals surface area (Å²) in [5.41, 5.74) is -0.847. The number of nitrogens with one attached hydrogen (secondary N) is 2. The summed E-state index contributed by atoms with van der Waals surface area (Å²) >= 11 is 0.996. The Kier molecular flexibility index (Phi) is 9.42. The Balaban J connectivity index is 0.00000364. The second-order valence-corrected chi connectivity index (χ2v) is 6.69. The van der Waals surface area contributed by atoms with Crippen LogP contribution in [0.25, 0.3) is 0 Å². The molecule has 0 amide bonds. The standard InChI is InChI=1S/C15H21F3N6OS.HI/c1-9(2)13-23-11(25-24-13)4-6-20-14(19-3)21-7-5-12-22-10(8-26-12)15(16,17)18;/h8-9H,4-7H2,1-3H3,(H2,19,20,21);1H. The third-order valence-corrected chi connectivity index (χ3v) is 4.24. The predicted molar refractivity (Wildman–Crippen MR) is 108 cm³/mol. The van der Waals surface area contributed by atoms with Gasteiger partial charge in [0.2, 0.25) is 5.89 Å². The maximum Gasteiger partial charge on any atom is 0.434 e. The highest BCUT2D eigenvalue weighted by Crippen LogP contribution is 2.29. The van der Waals surface area contributed by atoms with Gasteiger partial charge in [0.05, 0.1) is 5.01 Å². The molecular formula is C15H22F3IN6OS. The number of aliphatic imine (C=N–C) groups is 1. The van der Waals surface area contributed by atoms with Crippen LogP contribution in [0.4, 0.5) is 13.2 Å². The quantitative estimate of drug-likeness (QED) is 0.333. The topological polar surface area (TPSA) is 88.2 Å². The summed E-state index contributed by atoms with van der Waals surface area (Å²) in [5, 5.41) is 11.5. The van der Waals surface area contributed by atoms with Crippen LogP contribution >= 0.6 is 35.3 Å². The van der Waals surface area contributed by atoms with Gasteiger partial charge >= 0.3 is 6.18 Å². The smallest absolute Gasteiger partial charge is 0.356 e. The molecule has 0 saturated carbocycles. The fraction of sp³-hybridized carbons (Fsp3) is 0.600. The van der Waals surface area contributed by atoms with Crippen molar-refractivity contribution < 1.29 is 17.7 Å². The zero-order valence-electron chi connectivity index (χ0n) is 15.1. The number of hydrogen-bond acceptors (Lipinski definition) is 6. The molecule has 2 aromatic heterocycles. The lowest BCUT2D eigenvalue weighted by Crippen LogP contribution is -2.39. The zero-order valence-corrected chi connectivity index (χ0v) is 18.3. The molecule has 0 spiro atoms. The molecule has 2 N–H and O–H groups in total. The molecule has 0 unspecified atom stereocenters. The van der Waals surface area contributed by atoms with Gasteiger partial charge < -0.3 is 15.2 Å². The average molecular weight is 518 g/mol. The molecule has 0 aliphatic heterocycles. The molecule has 27 heavy (non-hydrogen) atoms. The first-order valence-electron chi connectivity index (χ1n) is 8.08. The highest BCUT2D eigenvalue weighted by molar-refractivity contribution is 14.0. The number of thiazole rings is 1. The van der Waals surface area contributed by atoms with Crippen molar-refractivity contribution in [3.63, 3.8) is 0 Å². The van der Waals surface area contributed by atoms with Gasteiger partial charge in [-0.15, -0.1) is 35.3 Å². The van der Waals surface area contributed by atoms with Gasteiger partial charge in [0.25, 0.3) is 0 Å². The van der Waals surface area contributed by atoms with Crippen LogP contribution in [-0.4, -0.2) is 41.2 Å². The second-order valence-electron chi connectivity index (χ2n) is 5.75. The largest absolute Gasteiger partial charge is 0.434 e. The molecule has 0 aliphatic carbocycles. The Morgan fingerprint density at radius 3 is 2.41 bits per heavy atom. The van der Waals surface area contributed by atoms with Gasteiger partial charge in [-0.1, -0.05) is 19.0 Å². The monoisotopic (exact) mass is 518 g/mol. The first kappa shape index (κ1) is 23.6. The molecule has 0 saturated heterocycles. The van der Waals surface area contributed by atoms with E-state index in [2.05, 4.69) is 30.8 Å². The summed E-state index contributed by atoms with van der Waals surface area (Å²) in [6, 6.07) is 0. The van der Waals surface area contributed by atoms with Crippen molar-refractivity contribution in [3.8, 4) is 0 Å². The fourth-order valence-electron chi connectivity index (χ4n) is 1.96. The highest BCUT2D eigenvalue weighted by Gasteiger charge is 2.33. The number of hydrogen-bond donors (Lipinski definition) is 2. The van der Waals surface area contributed by atoms with Crippen LogP contribution in [0.3, 0.4) is 0 Å². The molecule has 152 valence electrons. The molecule has 2 heterocycles. The molecule has 0 atom stereocenters. The van der Waals surface area contributed by atoms with Gasteiger partial charge in [-0.05, 0) is 0 Å². The molecule has 0 fully saturated rings. The van der Waals surface area contributed by atoms with Crippen LogP contribution < -0.4 is 10.6 Å². The zero-order chi connectivity index (χ0) is 19.2. The van der Waals surface area contributed by atoms with E-state index in [0.29, 0.717) is 48.6 Å². The Morgan fingerprint density at radius 2 is 1.89 bits per heavy atom. The molecule has 2 rings (SSSR count). The summed E-state index contributed by atoms with van der Waals surface area (Å²) in [7, 11) is 1.62. The third-order valence-electron chi connectivity index (χ3n) is 3.33. The molecule has 0 bridgehead atoms. The number of nitrogens with zero attached hydrogens (tertiary/aromatic N) is 4. The van der Waals surface area contributed by atoms with Crippen LogP contribution in [0.5, 0.6) is 0 Å². The van der Waals surface area contributed by atoms with Gasteiger partial charge in [-0.2, -0.15) is 18.2 Å². The van der Waals surface area contributed by atoms with E-state index in [4.69, 9.17) is 4.52 Å². The summed E-state index contributed by atoms with van der Waals surface area (Å²) < 4.78 is 42.7. The molecule has 7 nitrogen and oxygen atoms in total. The van der Waals surface area contributed by atoms with Crippen molar-refractivity contribution in [3.05, 3.63) is 27.8 Å². The van der Waals surface area contributed by atoms with E-state index in [1.807, 2.05) is 13.8 Å². The van der Waals surface area contributed by atoms with E-state index in [9.17, 15) is 13.2 Å². The molecule has 12 heteroatoms. The second kappa shape index (κ2) is 10.8. The van der Waals surface area contributed by atoms with E-state index < -0.39 is 11.9 Å². The number of aromatic nitrogens is 3. The van der Waals surface area contributed by atoms with Crippen LogP contribution in [0, 0.1) is 0 Å². The van der Waals surface area contributed by atoms with E-state index in [1.54, 1.807) is 7.05 Å². The van der Waals surface area contributed by atoms with Gasteiger partial charge in [0.15, 0.2) is 17.5 Å². The van der Waals surface area contributed by atoms with Gasteiger partial charge in [0.1, 0.15) is 0 Å². The van der Waals surface area contributed by atoms with Crippen LogP contribution in [-0.2, 0) is 19.0 Å². The minimum atomic E-state index is -4.40. The number of guanidine groups is 1. The SMILES string of the molecule is CN=C(NCCc1nc(C(C)C)no1)NCCc1nc(C(F)(F)F)cs1.I. The van der Waals surface area contributed by atoms with Crippen LogP contribution in [0.2, 0.25) is 0 Å². The predicted octanol–water partition coefficient (Wildman–Crippen LogP) is 3.24. The lowest BCUT2D eigenvalue weighted by Gasteiger charge is -2.10. The van der Waals surface area contributed by atoms with Crippen molar-refractivity contribution in [1.82, 2.24) is 25.8 Å². The van der Waals surface area contributed by atoms with Gasteiger partial charge in [0, 0.05) is 44.3 Å². The van der Waals surface area contributed by atoms with E-state index in [0.717, 1.165) is 16.7 Å². The normalized spacial score (nSPS) is 12.2. The molecule has 0 radical (unpaired) electrons. The Labute approximate surface area is 176 Å². The van der Waals surface area contributed by atoms with Gasteiger partial charge in [-0.25, -0.2) is 4.98 Å². The summed E-state index contributed by atoms with van der Waals surface area (Å²) in [5.74, 6) is 1.96. The summed E-state index contributed by atoms with van der Waals surface area (Å²) in [6.45, 7) is 4.93. The third kappa shape index (κ3) is 7.60. The molecular weight excluding hydrogens is 496 g/mol. The Morgan fingerprint density at radius 1 is 1.22 bits per heavy atom. The maximum atomic E-state index is 12.5. The fourth-order valence-corrected chi connectivity index (χ4v) is 2.76. The number of alkyl halides is 3. The van der Waals surface area contributed by atoms with Crippen molar-refractivity contribution >= 4 is 41.3 Å². The summed E-state index contributed by atoms with van der Waals surface area (Å²) in [4.78, 5) is 11.9. The molecule has 0 aliphatic rings. The minimum Gasteiger partial charge on any atom is -0.356 e. The van der Waals surface area contributed by atoms with Crippen molar-refractivity contribution in [2.24, 2.45) is 4.99 Å². The van der Waals surface area contributed by atoms with Crippen molar-refractivity contribution in [2.75, 3.05) is 20.1 Å². The number of halogens is 4. The van der Waals surface area contributed by atoms with Crippen LogP contribution in [0.1, 0.15) is 42.2 Å². The highest BCUT2D eigenvalue weighted by atomic mass is 127. The van der Waals surface area contributed by atoms with E-state index in [1.165, 1.54) is 0 Å². The van der Waals surface area contributed by atoms with Crippen molar-refractivity contribution in [1.29, 1.82) is 0 Å². The lowest BCUT2D eigenvalue weighted by molar-refractivity contribution is -0.140. The Bertz CT molecular complexity index is 731.